The SMILES string of the molecule is Clc1ccc(C(Oc2ccc3ncccc3c2)c2cnco2)cc1Cl. The van der Waals surface area contributed by atoms with Crippen LogP contribution in [0.15, 0.2) is 71.7 Å². The van der Waals surface area contributed by atoms with Gasteiger partial charge in [-0.2, -0.15) is 0 Å². The monoisotopic (exact) mass is 370 g/mol. The van der Waals surface area contributed by atoms with Crippen LogP contribution >= 0.6 is 23.2 Å². The summed E-state index contributed by atoms with van der Waals surface area (Å²) in [5.41, 5.74) is 1.72. The molecule has 0 saturated heterocycles. The zero-order chi connectivity index (χ0) is 17.2. The van der Waals surface area contributed by atoms with Crippen LogP contribution in [-0.4, -0.2) is 9.97 Å². The van der Waals surface area contributed by atoms with Crippen molar-refractivity contribution < 1.29 is 9.15 Å². The number of oxazole rings is 1. The molecule has 0 saturated carbocycles. The van der Waals surface area contributed by atoms with Crippen LogP contribution in [0.2, 0.25) is 10.0 Å². The summed E-state index contributed by atoms with van der Waals surface area (Å²) < 4.78 is 11.6. The van der Waals surface area contributed by atoms with E-state index < -0.39 is 6.10 Å². The van der Waals surface area contributed by atoms with Gasteiger partial charge in [0.25, 0.3) is 0 Å². The molecule has 0 spiro atoms. The van der Waals surface area contributed by atoms with Crippen LogP contribution in [0.4, 0.5) is 0 Å². The molecule has 0 N–H and O–H groups in total. The topological polar surface area (TPSA) is 48.2 Å². The van der Waals surface area contributed by atoms with Gasteiger partial charge >= 0.3 is 0 Å². The van der Waals surface area contributed by atoms with Gasteiger partial charge in [-0.1, -0.05) is 35.3 Å². The molecule has 6 heteroatoms. The Morgan fingerprint density at radius 2 is 1.92 bits per heavy atom. The maximum absolute atomic E-state index is 6.18. The standard InChI is InChI=1S/C19H12Cl2N2O2/c20-15-5-3-13(9-16(15)21)19(18-10-22-11-24-18)25-14-4-6-17-12(8-14)2-1-7-23-17/h1-11,19H. The van der Waals surface area contributed by atoms with Crippen molar-refractivity contribution in [1.82, 2.24) is 9.97 Å². The molecule has 1 atom stereocenters. The van der Waals surface area contributed by atoms with Crippen molar-refractivity contribution in [3.63, 3.8) is 0 Å². The quantitative estimate of drug-likeness (QED) is 0.462. The summed E-state index contributed by atoms with van der Waals surface area (Å²) in [4.78, 5) is 8.30. The molecule has 2 heterocycles. The smallest absolute Gasteiger partial charge is 0.183 e. The Morgan fingerprint density at radius 1 is 1.00 bits per heavy atom. The highest BCUT2D eigenvalue weighted by atomic mass is 35.5. The van der Waals surface area contributed by atoms with Gasteiger partial charge in [-0.15, -0.1) is 0 Å². The molecule has 0 fully saturated rings. The fourth-order valence-corrected chi connectivity index (χ4v) is 2.89. The van der Waals surface area contributed by atoms with E-state index >= 15 is 0 Å². The second-order valence-corrected chi connectivity index (χ2v) is 6.25. The molecule has 0 radical (unpaired) electrons. The fraction of sp³-hybridized carbons (Fsp3) is 0.0526. The molecule has 4 rings (SSSR count). The van der Waals surface area contributed by atoms with Gasteiger partial charge in [-0.05, 0) is 36.4 Å². The second kappa shape index (κ2) is 6.75. The number of rotatable bonds is 4. The zero-order valence-electron chi connectivity index (χ0n) is 12.9. The van der Waals surface area contributed by atoms with Crippen LogP contribution in [-0.2, 0) is 0 Å². The first-order valence-electron chi connectivity index (χ1n) is 7.55. The summed E-state index contributed by atoms with van der Waals surface area (Å²) in [6, 6.07) is 14.9. The molecule has 2 aromatic heterocycles. The number of aromatic nitrogens is 2. The molecule has 124 valence electrons. The third-order valence-electron chi connectivity index (χ3n) is 3.78. The van der Waals surface area contributed by atoms with Gasteiger partial charge in [-0.25, -0.2) is 4.98 Å². The highest BCUT2D eigenvalue weighted by Gasteiger charge is 2.21. The third kappa shape index (κ3) is 3.31. The number of hydrogen-bond acceptors (Lipinski definition) is 4. The highest BCUT2D eigenvalue weighted by molar-refractivity contribution is 6.42. The molecular formula is C19H12Cl2N2O2. The lowest BCUT2D eigenvalue weighted by Crippen LogP contribution is -2.08. The average molecular weight is 371 g/mol. The molecule has 4 aromatic rings. The van der Waals surface area contributed by atoms with Crippen LogP contribution in [0.3, 0.4) is 0 Å². The largest absolute Gasteiger partial charge is 0.478 e. The van der Waals surface area contributed by atoms with Gasteiger partial charge in [0.2, 0.25) is 0 Å². The van der Waals surface area contributed by atoms with Crippen molar-refractivity contribution in [2.75, 3.05) is 0 Å². The molecule has 0 aliphatic carbocycles. The number of pyridine rings is 1. The predicted octanol–water partition coefficient (Wildman–Crippen LogP) is 5.70. The minimum absolute atomic E-state index is 0.454. The Balaban J connectivity index is 1.74. The molecule has 2 aromatic carbocycles. The van der Waals surface area contributed by atoms with Gasteiger partial charge in [0.15, 0.2) is 18.3 Å². The summed E-state index contributed by atoms with van der Waals surface area (Å²) in [6.45, 7) is 0. The van der Waals surface area contributed by atoms with Gasteiger partial charge in [0.05, 0.1) is 21.8 Å². The van der Waals surface area contributed by atoms with Crippen LogP contribution in [0.5, 0.6) is 5.75 Å². The number of nitrogens with zero attached hydrogens (tertiary/aromatic N) is 2. The average Bonchev–Trinajstić information content (AvgIpc) is 3.16. The number of ether oxygens (including phenoxy) is 1. The maximum atomic E-state index is 6.18. The molecule has 25 heavy (non-hydrogen) atoms. The van der Waals surface area contributed by atoms with Gasteiger partial charge in [0.1, 0.15) is 5.75 Å². The van der Waals surface area contributed by atoms with E-state index in [2.05, 4.69) is 9.97 Å². The number of halogens is 2. The molecule has 0 aliphatic rings. The normalized spacial score (nSPS) is 12.2. The van der Waals surface area contributed by atoms with Crippen molar-refractivity contribution in [2.45, 2.75) is 6.10 Å². The lowest BCUT2D eigenvalue weighted by atomic mass is 10.1. The molecule has 0 aliphatic heterocycles. The summed E-state index contributed by atoms with van der Waals surface area (Å²) in [5.74, 6) is 1.26. The Labute approximate surface area is 154 Å². The van der Waals surface area contributed by atoms with E-state index in [-0.39, 0.29) is 0 Å². The molecular weight excluding hydrogens is 359 g/mol. The minimum atomic E-state index is -0.494. The molecule has 4 nitrogen and oxygen atoms in total. The third-order valence-corrected chi connectivity index (χ3v) is 4.52. The van der Waals surface area contributed by atoms with Gasteiger partial charge in [0, 0.05) is 17.1 Å². The minimum Gasteiger partial charge on any atom is -0.478 e. The Hall–Kier alpha value is -2.56. The molecule has 0 amide bonds. The predicted molar refractivity (Wildman–Crippen MR) is 97.2 cm³/mol. The van der Waals surface area contributed by atoms with Crippen molar-refractivity contribution in [2.24, 2.45) is 0 Å². The zero-order valence-corrected chi connectivity index (χ0v) is 14.4. The number of benzene rings is 2. The van der Waals surface area contributed by atoms with Crippen molar-refractivity contribution in [1.29, 1.82) is 0 Å². The highest BCUT2D eigenvalue weighted by Crippen LogP contribution is 2.33. The summed E-state index contributed by atoms with van der Waals surface area (Å²) >= 11 is 12.2. The first kappa shape index (κ1) is 15.9. The van der Waals surface area contributed by atoms with E-state index in [1.54, 1.807) is 24.5 Å². The van der Waals surface area contributed by atoms with Crippen LogP contribution in [0, 0.1) is 0 Å². The second-order valence-electron chi connectivity index (χ2n) is 5.43. The summed E-state index contributed by atoms with van der Waals surface area (Å²) in [5, 5.41) is 1.93. The van der Waals surface area contributed by atoms with Crippen molar-refractivity contribution >= 4 is 34.1 Å². The van der Waals surface area contributed by atoms with Crippen LogP contribution < -0.4 is 4.74 Å². The van der Waals surface area contributed by atoms with Crippen LogP contribution in [0.25, 0.3) is 10.9 Å². The molecule has 1 unspecified atom stereocenters. The number of hydrogen-bond donors (Lipinski definition) is 0. The lowest BCUT2D eigenvalue weighted by Gasteiger charge is -2.18. The van der Waals surface area contributed by atoms with E-state index in [0.29, 0.717) is 21.6 Å². The van der Waals surface area contributed by atoms with Crippen LogP contribution in [0.1, 0.15) is 17.4 Å². The Morgan fingerprint density at radius 3 is 2.72 bits per heavy atom. The van der Waals surface area contributed by atoms with E-state index in [1.165, 1.54) is 6.39 Å². The molecule has 0 bridgehead atoms. The van der Waals surface area contributed by atoms with E-state index in [4.69, 9.17) is 32.4 Å². The Kier molecular flexibility index (Phi) is 4.30. The Bertz CT molecular complexity index is 1020. The first-order chi connectivity index (χ1) is 12.2. The maximum Gasteiger partial charge on any atom is 0.183 e. The summed E-state index contributed by atoms with van der Waals surface area (Å²) in [6.07, 6.45) is 4.26. The van der Waals surface area contributed by atoms with Gasteiger partial charge < -0.3 is 9.15 Å². The van der Waals surface area contributed by atoms with Gasteiger partial charge in [-0.3, -0.25) is 4.98 Å². The first-order valence-corrected chi connectivity index (χ1v) is 8.31. The number of fused-ring (bicyclic) bond motifs is 1. The van der Waals surface area contributed by atoms with Crippen molar-refractivity contribution in [3.05, 3.63) is 88.7 Å². The van der Waals surface area contributed by atoms with Crippen molar-refractivity contribution in [3.8, 4) is 5.75 Å². The summed E-state index contributed by atoms with van der Waals surface area (Å²) in [7, 11) is 0. The van der Waals surface area contributed by atoms with E-state index in [9.17, 15) is 0 Å². The van der Waals surface area contributed by atoms with E-state index in [0.717, 1.165) is 16.5 Å². The fourth-order valence-electron chi connectivity index (χ4n) is 2.58. The van der Waals surface area contributed by atoms with E-state index in [1.807, 2.05) is 36.4 Å². The lowest BCUT2D eigenvalue weighted by molar-refractivity contribution is 0.215.